The van der Waals surface area contributed by atoms with Gasteiger partial charge in [0.2, 0.25) is 0 Å². The summed E-state index contributed by atoms with van der Waals surface area (Å²) in [7, 11) is 0. The highest BCUT2D eigenvalue weighted by atomic mass is 19.1. The summed E-state index contributed by atoms with van der Waals surface area (Å²) in [6.07, 6.45) is -0.249. The Balaban J connectivity index is 1.82. The molecular formula is C20H23FN2O5. The number of nitrogens with one attached hydrogen (secondary N) is 1. The minimum absolute atomic E-state index is 0.140. The summed E-state index contributed by atoms with van der Waals surface area (Å²) < 4.78 is 27.8. The molecular weight excluding hydrogens is 367 g/mol. The molecule has 1 aromatic carbocycles. The number of hydrogen-bond acceptors (Lipinski definition) is 5. The quantitative estimate of drug-likeness (QED) is 0.792. The van der Waals surface area contributed by atoms with E-state index in [0.29, 0.717) is 12.0 Å². The Labute approximate surface area is 161 Å². The average molecular weight is 390 g/mol. The summed E-state index contributed by atoms with van der Waals surface area (Å²) in [5.41, 5.74) is -2.51. The SMILES string of the molecule is CCC1[C@H](COC(=O)c2ccccc2)O[C@H](n2cc(C)c(=O)[nH]c2=O)C1(C)F. The molecule has 1 fully saturated rings. The number of carbonyl (C=O) groups excluding carboxylic acids is 1. The van der Waals surface area contributed by atoms with E-state index in [1.165, 1.54) is 20.0 Å². The van der Waals surface area contributed by atoms with Crippen LogP contribution in [0.2, 0.25) is 0 Å². The summed E-state index contributed by atoms with van der Waals surface area (Å²) in [5.74, 6) is -1.12. The predicted octanol–water partition coefficient (Wildman–Crippen LogP) is 2.35. The number of aromatic nitrogens is 2. The smallest absolute Gasteiger partial charge is 0.338 e. The van der Waals surface area contributed by atoms with Gasteiger partial charge in [0.25, 0.3) is 5.56 Å². The molecule has 2 aromatic rings. The lowest BCUT2D eigenvalue weighted by Gasteiger charge is -2.27. The predicted molar refractivity (Wildman–Crippen MR) is 100.0 cm³/mol. The van der Waals surface area contributed by atoms with Gasteiger partial charge >= 0.3 is 11.7 Å². The second-order valence-corrected chi connectivity index (χ2v) is 7.14. The molecule has 0 radical (unpaired) electrons. The molecule has 0 bridgehead atoms. The number of nitrogens with zero attached hydrogens (tertiary/aromatic N) is 1. The second kappa shape index (κ2) is 7.71. The monoisotopic (exact) mass is 390 g/mol. The van der Waals surface area contributed by atoms with Crippen LogP contribution in [0.4, 0.5) is 4.39 Å². The molecule has 2 heterocycles. The van der Waals surface area contributed by atoms with Crippen LogP contribution < -0.4 is 11.2 Å². The first kappa shape index (κ1) is 20.0. The third-order valence-electron chi connectivity index (χ3n) is 5.19. The fourth-order valence-corrected chi connectivity index (χ4v) is 3.67. The maximum Gasteiger partial charge on any atom is 0.338 e. The van der Waals surface area contributed by atoms with Crippen molar-refractivity contribution in [1.29, 1.82) is 0 Å². The van der Waals surface area contributed by atoms with E-state index in [1.54, 1.807) is 37.3 Å². The van der Waals surface area contributed by atoms with Crippen LogP contribution in [0.15, 0.2) is 46.1 Å². The number of alkyl halides is 1. The summed E-state index contributed by atoms with van der Waals surface area (Å²) in [6.45, 7) is 4.55. The first-order valence-corrected chi connectivity index (χ1v) is 9.14. The molecule has 150 valence electrons. The molecule has 0 amide bonds. The summed E-state index contributed by atoms with van der Waals surface area (Å²) in [5, 5.41) is 0. The van der Waals surface area contributed by atoms with Crippen molar-refractivity contribution in [2.75, 3.05) is 6.61 Å². The lowest BCUT2D eigenvalue weighted by Crippen LogP contribution is -2.41. The molecule has 0 aliphatic carbocycles. The van der Waals surface area contributed by atoms with Crippen molar-refractivity contribution in [2.45, 2.75) is 45.2 Å². The maximum absolute atomic E-state index is 15.6. The molecule has 28 heavy (non-hydrogen) atoms. The number of aromatic amines is 1. The highest BCUT2D eigenvalue weighted by Crippen LogP contribution is 2.46. The van der Waals surface area contributed by atoms with E-state index < -0.39 is 41.1 Å². The standard InChI is InChI=1S/C20H23FN2O5/c1-4-14-15(11-27-17(25)13-8-6-5-7-9-13)28-18(20(14,3)21)23-10-12(2)16(24)22-19(23)26/h5-10,14-15,18H,4,11H2,1-3H3,(H,22,24,26)/t14?,15-,18-,20?/m0/s1. The first-order chi connectivity index (χ1) is 13.3. The number of esters is 1. The van der Waals surface area contributed by atoms with Crippen molar-refractivity contribution in [1.82, 2.24) is 9.55 Å². The minimum atomic E-state index is -1.90. The zero-order chi connectivity index (χ0) is 20.5. The Bertz CT molecular complexity index is 967. The van der Waals surface area contributed by atoms with Gasteiger partial charge in [-0.15, -0.1) is 0 Å². The Hall–Kier alpha value is -2.74. The number of benzene rings is 1. The number of carbonyl (C=O) groups is 1. The number of ether oxygens (including phenoxy) is 2. The number of H-pyrrole nitrogens is 1. The van der Waals surface area contributed by atoms with Crippen molar-refractivity contribution in [3.05, 3.63) is 68.5 Å². The Morgan fingerprint density at radius 1 is 1.32 bits per heavy atom. The summed E-state index contributed by atoms with van der Waals surface area (Å²) in [6, 6.07) is 8.47. The molecule has 1 aromatic heterocycles. The number of halogens is 1. The van der Waals surface area contributed by atoms with Crippen LogP contribution in [0.1, 0.15) is 42.4 Å². The molecule has 3 rings (SSSR count). The van der Waals surface area contributed by atoms with Crippen LogP contribution in [0.3, 0.4) is 0 Å². The van der Waals surface area contributed by atoms with Gasteiger partial charge in [0.15, 0.2) is 11.9 Å². The summed E-state index contributed by atoms with van der Waals surface area (Å²) in [4.78, 5) is 38.1. The van der Waals surface area contributed by atoms with Crippen LogP contribution in [-0.2, 0) is 9.47 Å². The normalized spacial score (nSPS) is 26.9. The molecule has 2 unspecified atom stereocenters. The third kappa shape index (κ3) is 3.64. The van der Waals surface area contributed by atoms with Gasteiger partial charge < -0.3 is 9.47 Å². The highest BCUT2D eigenvalue weighted by Gasteiger charge is 2.55. The fraction of sp³-hybridized carbons (Fsp3) is 0.450. The second-order valence-electron chi connectivity index (χ2n) is 7.14. The van der Waals surface area contributed by atoms with Crippen LogP contribution in [0.5, 0.6) is 0 Å². The largest absolute Gasteiger partial charge is 0.459 e. The molecule has 4 atom stereocenters. The topological polar surface area (TPSA) is 90.4 Å². The van der Waals surface area contributed by atoms with Crippen molar-refractivity contribution in [3.8, 4) is 0 Å². The molecule has 0 saturated carbocycles. The fourth-order valence-electron chi connectivity index (χ4n) is 3.67. The van der Waals surface area contributed by atoms with Crippen molar-refractivity contribution in [3.63, 3.8) is 0 Å². The zero-order valence-corrected chi connectivity index (χ0v) is 16.0. The molecule has 1 N–H and O–H groups in total. The average Bonchev–Trinajstić information content (AvgIpc) is 2.92. The lowest BCUT2D eigenvalue weighted by molar-refractivity contribution is -0.0644. The number of rotatable bonds is 5. The number of hydrogen-bond donors (Lipinski definition) is 1. The van der Waals surface area contributed by atoms with Gasteiger partial charge in [-0.1, -0.05) is 25.1 Å². The van der Waals surface area contributed by atoms with Gasteiger partial charge in [-0.3, -0.25) is 14.3 Å². The van der Waals surface area contributed by atoms with Crippen molar-refractivity contribution < 1.29 is 18.7 Å². The Morgan fingerprint density at radius 3 is 2.64 bits per heavy atom. The third-order valence-corrected chi connectivity index (χ3v) is 5.19. The molecule has 0 spiro atoms. The van der Waals surface area contributed by atoms with Crippen LogP contribution in [0, 0.1) is 12.8 Å². The van der Waals surface area contributed by atoms with E-state index in [2.05, 4.69) is 4.98 Å². The summed E-state index contributed by atoms with van der Waals surface area (Å²) >= 11 is 0. The molecule has 8 heteroatoms. The van der Waals surface area contributed by atoms with Gasteiger partial charge in [0.1, 0.15) is 12.7 Å². The first-order valence-electron chi connectivity index (χ1n) is 9.14. The van der Waals surface area contributed by atoms with Crippen molar-refractivity contribution >= 4 is 5.97 Å². The van der Waals surface area contributed by atoms with Gasteiger partial charge in [-0.2, -0.15) is 0 Å². The Morgan fingerprint density at radius 2 is 2.00 bits per heavy atom. The molecule has 1 aliphatic heterocycles. The van der Waals surface area contributed by atoms with Gasteiger partial charge in [0.05, 0.1) is 5.56 Å². The van der Waals surface area contributed by atoms with E-state index in [4.69, 9.17) is 9.47 Å². The van der Waals surface area contributed by atoms with E-state index >= 15 is 4.39 Å². The Kier molecular flexibility index (Phi) is 5.51. The van der Waals surface area contributed by atoms with E-state index in [9.17, 15) is 14.4 Å². The minimum Gasteiger partial charge on any atom is -0.459 e. The van der Waals surface area contributed by atoms with Crippen LogP contribution >= 0.6 is 0 Å². The molecule has 7 nitrogen and oxygen atoms in total. The van der Waals surface area contributed by atoms with Crippen LogP contribution in [-0.4, -0.2) is 33.9 Å². The molecule has 1 saturated heterocycles. The van der Waals surface area contributed by atoms with Gasteiger partial charge in [-0.25, -0.2) is 14.0 Å². The van der Waals surface area contributed by atoms with Gasteiger partial charge in [-0.05, 0) is 32.4 Å². The van der Waals surface area contributed by atoms with E-state index in [0.717, 1.165) is 4.57 Å². The highest BCUT2D eigenvalue weighted by molar-refractivity contribution is 5.89. The number of aryl methyl sites for hydroxylation is 1. The maximum atomic E-state index is 15.6. The van der Waals surface area contributed by atoms with E-state index in [1.807, 2.05) is 0 Å². The lowest BCUT2D eigenvalue weighted by atomic mass is 9.86. The van der Waals surface area contributed by atoms with E-state index in [-0.39, 0.29) is 12.2 Å². The molecule has 1 aliphatic rings. The van der Waals surface area contributed by atoms with Crippen molar-refractivity contribution in [2.24, 2.45) is 5.92 Å². The zero-order valence-electron chi connectivity index (χ0n) is 16.0. The van der Waals surface area contributed by atoms with Crippen LogP contribution in [0.25, 0.3) is 0 Å². The van der Waals surface area contributed by atoms with Gasteiger partial charge in [0, 0.05) is 17.7 Å².